The third-order valence-corrected chi connectivity index (χ3v) is 4.61. The first-order chi connectivity index (χ1) is 13.4. The molecule has 1 aliphatic rings. The number of carbonyl (C=O) groups excluding carboxylic acids is 1. The van der Waals surface area contributed by atoms with Gasteiger partial charge in [0.25, 0.3) is 5.91 Å². The third kappa shape index (κ3) is 4.15. The van der Waals surface area contributed by atoms with Gasteiger partial charge in [0.2, 0.25) is 6.29 Å². The normalized spacial score (nSPS) is 27.2. The molecule has 4 N–H and O–H groups in total. The van der Waals surface area contributed by atoms with Gasteiger partial charge in [-0.3, -0.25) is 4.79 Å². The number of halogens is 1. The molecule has 1 fully saturated rings. The Bertz CT molecular complexity index is 813. The van der Waals surface area contributed by atoms with Crippen LogP contribution in [0.4, 0.5) is 4.39 Å². The van der Waals surface area contributed by atoms with E-state index in [4.69, 9.17) is 9.47 Å². The number of nitrogens with one attached hydrogen (secondary N) is 1. The molecule has 1 heterocycles. The Kier molecular flexibility index (Phi) is 6.25. The number of hydrogen-bond acceptors (Lipinski definition) is 6. The molecule has 0 radical (unpaired) electrons. The number of ether oxygens (including phenoxy) is 2. The zero-order chi connectivity index (χ0) is 20.3. The summed E-state index contributed by atoms with van der Waals surface area (Å²) in [4.78, 5) is 11.8. The Morgan fingerprint density at radius 2 is 1.79 bits per heavy atom. The van der Waals surface area contributed by atoms with Gasteiger partial charge in [-0.1, -0.05) is 24.3 Å². The van der Waals surface area contributed by atoms with Crippen molar-refractivity contribution >= 4 is 5.91 Å². The standard InChI is InChI=1S/C20H22FNO6/c1-22-19(26)13-4-2-3-12(9-13)11-5-7-14(8-6-11)27-20-18(25)17(24)16(23)15(10-21)28-20/h2-9,15-18,20,23-25H,10H2,1H3,(H,22,26). The van der Waals surface area contributed by atoms with E-state index in [1.165, 1.54) is 0 Å². The largest absolute Gasteiger partial charge is 0.462 e. The number of rotatable bonds is 5. The Labute approximate surface area is 161 Å². The van der Waals surface area contributed by atoms with Crippen LogP contribution in [0.2, 0.25) is 0 Å². The van der Waals surface area contributed by atoms with Crippen LogP contribution in [0.3, 0.4) is 0 Å². The molecule has 0 spiro atoms. The molecule has 0 saturated carbocycles. The molecule has 5 unspecified atom stereocenters. The molecule has 150 valence electrons. The van der Waals surface area contributed by atoms with Crippen molar-refractivity contribution in [1.82, 2.24) is 5.32 Å². The number of alkyl halides is 1. The van der Waals surface area contributed by atoms with Crippen LogP contribution in [0.25, 0.3) is 11.1 Å². The van der Waals surface area contributed by atoms with E-state index in [0.717, 1.165) is 11.1 Å². The number of hydrogen-bond donors (Lipinski definition) is 4. The molecule has 7 nitrogen and oxygen atoms in total. The first-order valence-corrected chi connectivity index (χ1v) is 8.79. The molecule has 0 aromatic heterocycles. The van der Waals surface area contributed by atoms with Gasteiger partial charge in [0.05, 0.1) is 0 Å². The van der Waals surface area contributed by atoms with Gasteiger partial charge >= 0.3 is 0 Å². The topological polar surface area (TPSA) is 108 Å². The maximum absolute atomic E-state index is 12.9. The van der Waals surface area contributed by atoms with Gasteiger partial charge in [0, 0.05) is 12.6 Å². The van der Waals surface area contributed by atoms with Crippen molar-refractivity contribution in [3.05, 3.63) is 54.1 Å². The number of benzene rings is 2. The SMILES string of the molecule is CNC(=O)c1cccc(-c2ccc(OC3OC(CF)C(O)C(O)C3O)cc2)c1. The molecule has 2 aromatic rings. The average Bonchev–Trinajstić information content (AvgIpc) is 2.74. The highest BCUT2D eigenvalue weighted by Crippen LogP contribution is 2.27. The van der Waals surface area contributed by atoms with Crippen LogP contribution in [0.15, 0.2) is 48.5 Å². The van der Waals surface area contributed by atoms with Crippen molar-refractivity contribution in [3.63, 3.8) is 0 Å². The zero-order valence-electron chi connectivity index (χ0n) is 15.2. The van der Waals surface area contributed by atoms with Gasteiger partial charge in [-0.05, 0) is 35.4 Å². The Morgan fingerprint density at radius 3 is 2.43 bits per heavy atom. The van der Waals surface area contributed by atoms with E-state index in [2.05, 4.69) is 5.32 Å². The van der Waals surface area contributed by atoms with Crippen LogP contribution < -0.4 is 10.1 Å². The lowest BCUT2D eigenvalue weighted by Crippen LogP contribution is -2.59. The summed E-state index contributed by atoms with van der Waals surface area (Å²) in [5, 5.41) is 32.1. The Hall–Kier alpha value is -2.52. The smallest absolute Gasteiger partial charge is 0.251 e. The Balaban J connectivity index is 1.74. The molecule has 1 saturated heterocycles. The number of carbonyl (C=O) groups is 1. The first kappa shape index (κ1) is 20.2. The summed E-state index contributed by atoms with van der Waals surface area (Å²) >= 11 is 0. The van der Waals surface area contributed by atoms with E-state index in [1.807, 2.05) is 6.07 Å². The van der Waals surface area contributed by atoms with Gasteiger partial charge < -0.3 is 30.1 Å². The minimum atomic E-state index is -1.58. The summed E-state index contributed by atoms with van der Waals surface area (Å²) < 4.78 is 23.7. The van der Waals surface area contributed by atoms with Gasteiger partial charge in [-0.25, -0.2) is 4.39 Å². The van der Waals surface area contributed by atoms with Crippen molar-refractivity contribution in [2.75, 3.05) is 13.7 Å². The second kappa shape index (κ2) is 8.66. The van der Waals surface area contributed by atoms with E-state index in [1.54, 1.807) is 49.5 Å². The van der Waals surface area contributed by atoms with Crippen molar-refractivity contribution in [2.45, 2.75) is 30.7 Å². The van der Waals surface area contributed by atoms with E-state index < -0.39 is 37.4 Å². The van der Waals surface area contributed by atoms with E-state index in [0.29, 0.717) is 11.3 Å². The van der Waals surface area contributed by atoms with Crippen LogP contribution in [0, 0.1) is 0 Å². The minimum Gasteiger partial charge on any atom is -0.462 e. The summed E-state index contributed by atoms with van der Waals surface area (Å²) in [6, 6.07) is 13.9. The lowest BCUT2D eigenvalue weighted by atomic mass is 9.99. The highest BCUT2D eigenvalue weighted by Gasteiger charge is 2.45. The predicted molar refractivity (Wildman–Crippen MR) is 98.6 cm³/mol. The highest BCUT2D eigenvalue weighted by atomic mass is 19.1. The average molecular weight is 391 g/mol. The fraction of sp³-hybridized carbons (Fsp3) is 0.350. The molecular formula is C20H22FNO6. The molecule has 1 aliphatic heterocycles. The van der Waals surface area contributed by atoms with Crippen molar-refractivity contribution in [3.8, 4) is 16.9 Å². The third-order valence-electron chi connectivity index (χ3n) is 4.61. The number of aliphatic hydroxyl groups is 3. The zero-order valence-corrected chi connectivity index (χ0v) is 15.2. The Morgan fingerprint density at radius 1 is 1.07 bits per heavy atom. The number of aliphatic hydroxyl groups excluding tert-OH is 3. The summed E-state index contributed by atoms with van der Waals surface area (Å²) in [6.07, 6.45) is -7.24. The maximum Gasteiger partial charge on any atom is 0.251 e. The van der Waals surface area contributed by atoms with Crippen LogP contribution in [0.1, 0.15) is 10.4 Å². The van der Waals surface area contributed by atoms with Crippen LogP contribution in [-0.4, -0.2) is 65.7 Å². The van der Waals surface area contributed by atoms with E-state index in [-0.39, 0.29) is 5.91 Å². The fourth-order valence-corrected chi connectivity index (χ4v) is 2.99. The molecular weight excluding hydrogens is 369 g/mol. The van der Waals surface area contributed by atoms with Crippen LogP contribution >= 0.6 is 0 Å². The molecule has 1 amide bonds. The summed E-state index contributed by atoms with van der Waals surface area (Å²) in [5.41, 5.74) is 2.20. The quantitative estimate of drug-likeness (QED) is 0.602. The van der Waals surface area contributed by atoms with Crippen molar-refractivity contribution < 1.29 is 34.0 Å². The first-order valence-electron chi connectivity index (χ1n) is 8.79. The summed E-state index contributed by atoms with van der Waals surface area (Å²) in [6.45, 7) is -1.02. The van der Waals surface area contributed by atoms with E-state index in [9.17, 15) is 24.5 Å². The highest BCUT2D eigenvalue weighted by molar-refractivity contribution is 5.95. The monoisotopic (exact) mass is 391 g/mol. The van der Waals surface area contributed by atoms with Gasteiger partial charge in [-0.15, -0.1) is 0 Å². The molecule has 0 aliphatic carbocycles. The van der Waals surface area contributed by atoms with Gasteiger partial charge in [0.1, 0.15) is 36.8 Å². The second-order valence-electron chi connectivity index (χ2n) is 6.47. The maximum atomic E-state index is 12.9. The summed E-state index contributed by atoms with van der Waals surface area (Å²) in [7, 11) is 1.56. The molecule has 5 atom stereocenters. The van der Waals surface area contributed by atoms with Crippen LogP contribution in [-0.2, 0) is 4.74 Å². The molecule has 8 heteroatoms. The van der Waals surface area contributed by atoms with Gasteiger partial charge in [-0.2, -0.15) is 0 Å². The van der Waals surface area contributed by atoms with Crippen molar-refractivity contribution in [2.24, 2.45) is 0 Å². The van der Waals surface area contributed by atoms with Crippen LogP contribution in [0.5, 0.6) is 5.75 Å². The lowest BCUT2D eigenvalue weighted by Gasteiger charge is -2.39. The fourth-order valence-electron chi connectivity index (χ4n) is 2.99. The summed E-state index contributed by atoms with van der Waals surface area (Å²) in [5.74, 6) is 0.143. The minimum absolute atomic E-state index is 0.187. The lowest BCUT2D eigenvalue weighted by molar-refractivity contribution is -0.274. The molecule has 3 rings (SSSR count). The van der Waals surface area contributed by atoms with Gasteiger partial charge in [0.15, 0.2) is 0 Å². The van der Waals surface area contributed by atoms with E-state index >= 15 is 0 Å². The van der Waals surface area contributed by atoms with Crippen molar-refractivity contribution in [1.29, 1.82) is 0 Å². The molecule has 2 aromatic carbocycles. The second-order valence-corrected chi connectivity index (χ2v) is 6.47. The molecule has 28 heavy (non-hydrogen) atoms. The molecule has 0 bridgehead atoms. The predicted octanol–water partition coefficient (Wildman–Crippen LogP) is 0.869. The number of amides is 1.